The first-order valence-corrected chi connectivity index (χ1v) is 17.8. The van der Waals surface area contributed by atoms with Gasteiger partial charge >= 0.3 is 0 Å². The van der Waals surface area contributed by atoms with Gasteiger partial charge in [0.05, 0.1) is 22.3 Å². The van der Waals surface area contributed by atoms with Crippen LogP contribution in [0.25, 0.3) is 87.6 Å². The number of rotatable bonds is 4. The van der Waals surface area contributed by atoms with Crippen molar-refractivity contribution in [2.24, 2.45) is 0 Å². The van der Waals surface area contributed by atoms with E-state index >= 15 is 0 Å². The average Bonchev–Trinajstić information content (AvgIpc) is 3.21. The zero-order chi connectivity index (χ0) is 36.2. The van der Waals surface area contributed by atoms with Crippen LogP contribution in [0.3, 0.4) is 0 Å². The summed E-state index contributed by atoms with van der Waals surface area (Å²) in [5.41, 5.74) is 7.77. The number of hydrogen-bond acceptors (Lipinski definition) is 4. The lowest BCUT2D eigenvalue weighted by molar-refractivity contribution is 0.0829. The Bertz CT molecular complexity index is 2720. The molecule has 0 aliphatic carbocycles. The lowest BCUT2D eigenvalue weighted by atomic mass is 9.76. The SMILES string of the molecule is O=C1NC(=O)c2c(-c3ccccc3)cc3c4cc(-c5ccccc5)c5c6c(c(-c7ccccc7)cc(c7cc(-c8ccccc8)c1c2c73)c64)C(=O)NC5=O. The van der Waals surface area contributed by atoms with Crippen LogP contribution in [0, 0.1) is 0 Å². The molecule has 9 aromatic carbocycles. The van der Waals surface area contributed by atoms with Gasteiger partial charge in [0.1, 0.15) is 0 Å². The summed E-state index contributed by atoms with van der Waals surface area (Å²) >= 11 is 0. The molecule has 2 aliphatic heterocycles. The van der Waals surface area contributed by atoms with Gasteiger partial charge in [0.15, 0.2) is 0 Å². The topological polar surface area (TPSA) is 92.3 Å². The maximum atomic E-state index is 14.2. The molecule has 54 heavy (non-hydrogen) atoms. The van der Waals surface area contributed by atoms with Crippen LogP contribution in [0.5, 0.6) is 0 Å². The molecule has 6 heteroatoms. The first kappa shape index (κ1) is 30.2. The Hall–Kier alpha value is -7.44. The highest BCUT2D eigenvalue weighted by Gasteiger charge is 2.37. The van der Waals surface area contributed by atoms with E-state index in [1.807, 2.05) is 146 Å². The Kier molecular flexibility index (Phi) is 6.17. The summed E-state index contributed by atoms with van der Waals surface area (Å²) in [5, 5.41) is 11.4. The van der Waals surface area contributed by atoms with Crippen LogP contribution >= 0.6 is 0 Å². The van der Waals surface area contributed by atoms with E-state index in [1.54, 1.807) is 0 Å². The maximum Gasteiger partial charge on any atom is 0.259 e. The van der Waals surface area contributed by atoms with Crippen molar-refractivity contribution >= 4 is 66.7 Å². The second kappa shape index (κ2) is 11.0. The van der Waals surface area contributed by atoms with Gasteiger partial charge in [-0.15, -0.1) is 0 Å². The number of fused-ring (bicyclic) bond motifs is 2. The Labute approximate surface area is 308 Å². The van der Waals surface area contributed by atoms with E-state index in [1.165, 1.54) is 0 Å². The van der Waals surface area contributed by atoms with E-state index < -0.39 is 23.6 Å². The van der Waals surface area contributed by atoms with Crippen LogP contribution < -0.4 is 10.6 Å². The molecule has 6 nitrogen and oxygen atoms in total. The molecular weight excluding hydrogens is 669 g/mol. The van der Waals surface area contributed by atoms with E-state index in [-0.39, 0.29) is 0 Å². The largest absolute Gasteiger partial charge is 0.288 e. The minimum Gasteiger partial charge on any atom is -0.288 e. The molecular formula is C48H26N2O4. The van der Waals surface area contributed by atoms with Gasteiger partial charge in [0, 0.05) is 10.8 Å². The van der Waals surface area contributed by atoms with E-state index in [4.69, 9.17) is 0 Å². The van der Waals surface area contributed by atoms with Gasteiger partial charge in [0.25, 0.3) is 23.6 Å². The highest BCUT2D eigenvalue weighted by atomic mass is 16.2. The molecule has 4 amide bonds. The monoisotopic (exact) mass is 694 g/mol. The first-order chi connectivity index (χ1) is 26.5. The summed E-state index contributed by atoms with van der Waals surface area (Å²) in [6.45, 7) is 0. The molecule has 0 aromatic heterocycles. The van der Waals surface area contributed by atoms with Crippen molar-refractivity contribution in [3.05, 3.63) is 168 Å². The number of benzene rings is 9. The number of hydrogen-bond donors (Lipinski definition) is 2. The summed E-state index contributed by atoms with van der Waals surface area (Å²) in [4.78, 5) is 56.6. The van der Waals surface area contributed by atoms with Crippen molar-refractivity contribution in [2.75, 3.05) is 0 Å². The van der Waals surface area contributed by atoms with Crippen LogP contribution in [0.4, 0.5) is 0 Å². The van der Waals surface area contributed by atoms with Gasteiger partial charge in [-0.2, -0.15) is 0 Å². The molecule has 0 atom stereocenters. The van der Waals surface area contributed by atoms with Gasteiger partial charge in [-0.3, -0.25) is 29.8 Å². The molecule has 252 valence electrons. The highest BCUT2D eigenvalue weighted by Crippen LogP contribution is 2.52. The van der Waals surface area contributed by atoms with Gasteiger partial charge in [-0.05, 0) is 101 Å². The van der Waals surface area contributed by atoms with Crippen molar-refractivity contribution < 1.29 is 19.2 Å². The van der Waals surface area contributed by atoms with E-state index in [2.05, 4.69) is 10.6 Å². The smallest absolute Gasteiger partial charge is 0.259 e. The van der Waals surface area contributed by atoms with Crippen LogP contribution in [0.15, 0.2) is 146 Å². The molecule has 0 spiro atoms. The Morgan fingerprint density at radius 1 is 0.278 bits per heavy atom. The van der Waals surface area contributed by atoms with Gasteiger partial charge in [-0.25, -0.2) is 0 Å². The molecule has 11 rings (SSSR count). The summed E-state index contributed by atoms with van der Waals surface area (Å²) in [6.07, 6.45) is 0. The second-order valence-corrected chi connectivity index (χ2v) is 13.9. The molecule has 0 unspecified atom stereocenters. The van der Waals surface area contributed by atoms with Crippen LogP contribution in [0.1, 0.15) is 41.4 Å². The lowest BCUT2D eigenvalue weighted by Crippen LogP contribution is -2.36. The minimum absolute atomic E-state index is 0.434. The highest BCUT2D eigenvalue weighted by molar-refractivity contribution is 6.44. The lowest BCUT2D eigenvalue weighted by Gasteiger charge is -2.29. The summed E-state index contributed by atoms with van der Waals surface area (Å²) in [7, 11) is 0. The molecule has 0 bridgehead atoms. The summed E-state index contributed by atoms with van der Waals surface area (Å²) < 4.78 is 0. The molecule has 9 aromatic rings. The van der Waals surface area contributed by atoms with Crippen molar-refractivity contribution in [1.82, 2.24) is 10.6 Å². The van der Waals surface area contributed by atoms with Crippen molar-refractivity contribution in [2.45, 2.75) is 0 Å². The molecule has 2 aliphatic rings. The minimum atomic E-state index is -0.456. The summed E-state index contributed by atoms with van der Waals surface area (Å²) in [5.74, 6) is -1.82. The number of carbonyl (C=O) groups excluding carboxylic acids is 4. The Morgan fingerprint density at radius 3 is 0.722 bits per heavy atom. The molecule has 0 radical (unpaired) electrons. The first-order valence-electron chi connectivity index (χ1n) is 17.8. The number of imide groups is 2. The van der Waals surface area contributed by atoms with E-state index in [0.717, 1.165) is 54.6 Å². The third kappa shape index (κ3) is 4.05. The quantitative estimate of drug-likeness (QED) is 0.109. The van der Waals surface area contributed by atoms with Gasteiger partial charge < -0.3 is 0 Å². The molecule has 0 saturated heterocycles. The number of carbonyl (C=O) groups is 4. The van der Waals surface area contributed by atoms with Crippen LogP contribution in [-0.2, 0) is 0 Å². The third-order valence-electron chi connectivity index (χ3n) is 11.1. The van der Waals surface area contributed by atoms with Crippen molar-refractivity contribution in [1.29, 1.82) is 0 Å². The van der Waals surface area contributed by atoms with Crippen LogP contribution in [-0.4, -0.2) is 23.6 Å². The molecule has 0 saturated carbocycles. The molecule has 2 heterocycles. The molecule has 2 N–H and O–H groups in total. The summed E-state index contributed by atoms with van der Waals surface area (Å²) in [6, 6.07) is 47.0. The van der Waals surface area contributed by atoms with Crippen LogP contribution in [0.2, 0.25) is 0 Å². The van der Waals surface area contributed by atoms with Gasteiger partial charge in [0.2, 0.25) is 0 Å². The average molecular weight is 695 g/mol. The maximum absolute atomic E-state index is 14.2. The number of nitrogens with one attached hydrogen (secondary N) is 2. The van der Waals surface area contributed by atoms with E-state index in [0.29, 0.717) is 55.3 Å². The van der Waals surface area contributed by atoms with E-state index in [9.17, 15) is 19.2 Å². The second-order valence-electron chi connectivity index (χ2n) is 13.9. The van der Waals surface area contributed by atoms with Crippen molar-refractivity contribution in [3.8, 4) is 44.5 Å². The normalized spacial score (nSPS) is 13.6. The number of amides is 4. The van der Waals surface area contributed by atoms with Gasteiger partial charge in [-0.1, -0.05) is 121 Å². The van der Waals surface area contributed by atoms with Crippen molar-refractivity contribution in [3.63, 3.8) is 0 Å². The Morgan fingerprint density at radius 2 is 0.500 bits per heavy atom. The predicted octanol–water partition coefficient (Wildman–Crippen LogP) is 10.2. The predicted molar refractivity (Wildman–Crippen MR) is 213 cm³/mol. The zero-order valence-corrected chi connectivity index (χ0v) is 28.5. The fourth-order valence-corrected chi connectivity index (χ4v) is 8.90. The Balaban J connectivity index is 1.47. The fraction of sp³-hybridized carbons (Fsp3) is 0. The standard InChI is InChI=1S/C48H26N2O4/c51-45-39-29(25-13-5-1-6-14-25)21-33-34-22-31(27-17-9-3-10-18-27)41-44-38(34)36(24-32(28-19-11-4-12-20-28)42(44)48(54)50-47(41)53)35-23-30(26-15-7-2-8-16-26)40(46(52)49-45)43(39)37(33)35/h1-24H,(H,49,51,52)(H,50,53,54). The third-order valence-corrected chi connectivity index (χ3v) is 11.1. The molecule has 0 fully saturated rings. The fourth-order valence-electron chi connectivity index (χ4n) is 8.90. The zero-order valence-electron chi connectivity index (χ0n) is 28.5.